The van der Waals surface area contributed by atoms with Gasteiger partial charge in [-0.25, -0.2) is 13.9 Å². The Morgan fingerprint density at radius 2 is 2.03 bits per heavy atom. The highest BCUT2D eigenvalue weighted by Gasteiger charge is 2.18. The van der Waals surface area contributed by atoms with Crippen molar-refractivity contribution in [2.45, 2.75) is 19.8 Å². The second kappa shape index (κ2) is 10.1. The summed E-state index contributed by atoms with van der Waals surface area (Å²) in [4.78, 5) is 27.8. The zero-order chi connectivity index (χ0) is 24.1. The molecule has 0 aliphatic carbocycles. The molecule has 0 aliphatic rings. The van der Waals surface area contributed by atoms with Gasteiger partial charge >= 0.3 is 0 Å². The predicted molar refractivity (Wildman–Crippen MR) is 113 cm³/mol. The normalized spacial score (nSPS) is 12.9. The summed E-state index contributed by atoms with van der Waals surface area (Å²) in [5.41, 5.74) is 8.60. The lowest BCUT2D eigenvalue weighted by Crippen LogP contribution is -2.38. The minimum atomic E-state index is -4.89. The molecule has 34 heavy (non-hydrogen) atoms. The van der Waals surface area contributed by atoms with Crippen LogP contribution in [0.25, 0.3) is 11.3 Å². The predicted octanol–water partition coefficient (Wildman–Crippen LogP) is 1.74. The first-order valence-electron chi connectivity index (χ1n) is 9.87. The third kappa shape index (κ3) is 6.21. The average molecular weight is 487 g/mol. The first-order chi connectivity index (χ1) is 16.3. The van der Waals surface area contributed by atoms with Gasteiger partial charge in [-0.15, -0.1) is 0 Å². The molecule has 13 heteroatoms. The van der Waals surface area contributed by atoms with Crippen LogP contribution in [0.3, 0.4) is 0 Å². The number of anilines is 1. The fourth-order valence-electron chi connectivity index (χ4n) is 2.99. The first-order valence-corrected chi connectivity index (χ1v) is 11.4. The van der Waals surface area contributed by atoms with E-state index in [1.807, 2.05) is 6.07 Å². The van der Waals surface area contributed by atoms with Gasteiger partial charge in [0, 0.05) is 24.8 Å². The van der Waals surface area contributed by atoms with Crippen molar-refractivity contribution < 1.29 is 37.1 Å². The fraction of sp³-hybridized carbons (Fsp3) is 0.143. The standard InChI is InChI=1S/C21H19FN5O6P/c22-15-4-5-16(24-11-15)12-31-20-6-3-14(10-25-20)8-17-9-19(33-26-17)18-2-1-7-27(21(18)23)13-32-34(28,29)30/h1-7,9-11,23H,8,12-13H2,(H2,28,29,30). The molecule has 4 aromatic rings. The molecule has 1 atom stereocenters. The van der Waals surface area contributed by atoms with Gasteiger partial charge in [-0.05, 0) is 29.8 Å². The molecule has 4 heterocycles. The lowest BCUT2D eigenvalue weighted by molar-refractivity contribution is -0.712. The molecule has 0 radical (unpaired) electrons. The van der Waals surface area contributed by atoms with Gasteiger partial charge in [-0.3, -0.25) is 19.8 Å². The van der Waals surface area contributed by atoms with Gasteiger partial charge in [0.1, 0.15) is 18.0 Å². The Morgan fingerprint density at radius 3 is 2.74 bits per heavy atom. The van der Waals surface area contributed by atoms with Crippen molar-refractivity contribution in [3.05, 3.63) is 83.8 Å². The highest BCUT2D eigenvalue weighted by Crippen LogP contribution is 2.30. The number of nitrogens with zero attached hydrogens (tertiary/aromatic N) is 4. The summed E-state index contributed by atoms with van der Waals surface area (Å²) in [7, 11) is -4.89. The van der Waals surface area contributed by atoms with E-state index in [9.17, 15) is 13.8 Å². The number of rotatable bonds is 9. The number of pyridine rings is 3. The summed E-state index contributed by atoms with van der Waals surface area (Å²) in [6.45, 7) is -0.331. The van der Waals surface area contributed by atoms with E-state index >= 15 is 0 Å². The molecule has 0 amide bonds. The van der Waals surface area contributed by atoms with Crippen molar-refractivity contribution in [2.75, 3.05) is 5.73 Å². The lowest BCUT2D eigenvalue weighted by Gasteiger charge is -2.14. The number of aromatic nitrogens is 4. The van der Waals surface area contributed by atoms with Gasteiger partial charge in [0.2, 0.25) is 5.88 Å². The Kier molecular flexibility index (Phi) is 6.94. The number of hydrogen-bond donors (Lipinski definition) is 2. The second-order valence-corrected chi connectivity index (χ2v) is 8.32. The Morgan fingerprint density at radius 1 is 1.18 bits per heavy atom. The summed E-state index contributed by atoms with van der Waals surface area (Å²) in [5, 5.41) is 4.05. The molecule has 3 N–H and O–H groups in total. The largest absolute Gasteiger partial charge is 0.756 e. The average Bonchev–Trinajstić information content (AvgIpc) is 3.26. The summed E-state index contributed by atoms with van der Waals surface area (Å²) in [5.74, 6) is 0.515. The molecule has 0 aromatic carbocycles. The summed E-state index contributed by atoms with van der Waals surface area (Å²) < 4.78 is 40.4. The highest BCUT2D eigenvalue weighted by molar-refractivity contribution is 7.44. The Bertz CT molecular complexity index is 1310. The van der Waals surface area contributed by atoms with Crippen molar-refractivity contribution >= 4 is 13.6 Å². The molecule has 1 unspecified atom stereocenters. The third-order valence-corrected chi connectivity index (χ3v) is 5.08. The zero-order valence-corrected chi connectivity index (χ0v) is 18.5. The second-order valence-electron chi connectivity index (χ2n) is 7.12. The molecule has 0 fully saturated rings. The van der Waals surface area contributed by atoms with Crippen LogP contribution in [0, 0.1) is 5.82 Å². The SMILES string of the molecule is Nc1c(-c2cc(Cc3ccc(OCc4ccc(F)cn4)nc3)no2)ccc[n+]1COP(=O)([O-])O. The molecule has 0 aliphatic heterocycles. The molecule has 0 saturated heterocycles. The van der Waals surface area contributed by atoms with Crippen molar-refractivity contribution in [3.8, 4) is 17.2 Å². The molecule has 4 rings (SSSR count). The molecular formula is C21H19FN5O6P. The number of hydrogen-bond acceptors (Lipinski definition) is 9. The van der Waals surface area contributed by atoms with Crippen molar-refractivity contribution in [1.29, 1.82) is 0 Å². The number of phosphoric acid groups is 1. The maximum absolute atomic E-state index is 12.9. The van der Waals surface area contributed by atoms with Gasteiger partial charge < -0.3 is 19.0 Å². The topological polar surface area (TPSA) is 161 Å². The van der Waals surface area contributed by atoms with E-state index in [1.165, 1.54) is 22.9 Å². The van der Waals surface area contributed by atoms with Crippen LogP contribution in [0.4, 0.5) is 10.2 Å². The molecule has 0 spiro atoms. The minimum Gasteiger partial charge on any atom is -0.756 e. The zero-order valence-electron chi connectivity index (χ0n) is 17.6. The summed E-state index contributed by atoms with van der Waals surface area (Å²) in [6, 6.07) is 11.4. The van der Waals surface area contributed by atoms with Crippen molar-refractivity contribution in [1.82, 2.24) is 15.1 Å². The van der Waals surface area contributed by atoms with Crippen molar-refractivity contribution in [2.24, 2.45) is 0 Å². The molecular weight excluding hydrogens is 468 g/mol. The summed E-state index contributed by atoms with van der Waals surface area (Å²) in [6.07, 6.45) is 4.68. The highest BCUT2D eigenvalue weighted by atomic mass is 31.2. The molecule has 0 bridgehead atoms. The van der Waals surface area contributed by atoms with Gasteiger partial charge in [-0.1, -0.05) is 11.2 Å². The smallest absolute Gasteiger partial charge is 0.285 e. The van der Waals surface area contributed by atoms with Gasteiger partial charge in [0.05, 0.1) is 23.8 Å². The van der Waals surface area contributed by atoms with Crippen LogP contribution < -0.4 is 19.9 Å². The summed E-state index contributed by atoms with van der Waals surface area (Å²) >= 11 is 0. The van der Waals surface area contributed by atoms with Gasteiger partial charge in [0.15, 0.2) is 12.5 Å². The van der Waals surface area contributed by atoms with E-state index in [0.29, 0.717) is 35.0 Å². The Hall–Kier alpha value is -3.70. The van der Waals surface area contributed by atoms with Crippen LogP contribution in [0.5, 0.6) is 5.88 Å². The van der Waals surface area contributed by atoms with Crippen LogP contribution in [-0.4, -0.2) is 20.0 Å². The quantitative estimate of drug-likeness (QED) is 0.263. The fourth-order valence-corrected chi connectivity index (χ4v) is 3.26. The van der Waals surface area contributed by atoms with E-state index in [-0.39, 0.29) is 12.4 Å². The third-order valence-electron chi connectivity index (χ3n) is 4.64. The molecule has 0 saturated carbocycles. The van der Waals surface area contributed by atoms with Crippen LogP contribution in [0.15, 0.2) is 65.6 Å². The van der Waals surface area contributed by atoms with Gasteiger partial charge in [-0.2, -0.15) is 0 Å². The minimum absolute atomic E-state index is 0.160. The maximum Gasteiger partial charge on any atom is 0.285 e. The van der Waals surface area contributed by atoms with Crippen LogP contribution >= 0.6 is 7.82 Å². The number of phosphoric ester groups is 1. The molecule has 11 nitrogen and oxygen atoms in total. The lowest BCUT2D eigenvalue weighted by atomic mass is 10.1. The van der Waals surface area contributed by atoms with E-state index in [4.69, 9.17) is 19.9 Å². The van der Waals surface area contributed by atoms with E-state index < -0.39 is 20.4 Å². The van der Waals surface area contributed by atoms with E-state index in [2.05, 4.69) is 19.6 Å². The number of nitrogen functional groups attached to an aromatic ring is 1. The monoisotopic (exact) mass is 487 g/mol. The van der Waals surface area contributed by atoms with Crippen LogP contribution in [0.2, 0.25) is 0 Å². The number of halogens is 1. The Labute approximate surface area is 192 Å². The first kappa shape index (κ1) is 23.5. The maximum atomic E-state index is 12.9. The van der Waals surface area contributed by atoms with E-state index in [1.54, 1.807) is 30.5 Å². The van der Waals surface area contributed by atoms with Gasteiger partial charge in [0.25, 0.3) is 13.6 Å². The van der Waals surface area contributed by atoms with E-state index in [0.717, 1.165) is 11.8 Å². The van der Waals surface area contributed by atoms with Crippen molar-refractivity contribution in [3.63, 3.8) is 0 Å². The van der Waals surface area contributed by atoms with Crippen LogP contribution in [0.1, 0.15) is 17.0 Å². The number of ether oxygens (including phenoxy) is 1. The van der Waals surface area contributed by atoms with Crippen LogP contribution in [-0.2, 0) is 28.8 Å². The Balaban J connectivity index is 1.39. The number of nitrogens with two attached hydrogens (primary N) is 1. The molecule has 4 aromatic heterocycles. The molecule has 176 valence electrons.